The van der Waals surface area contributed by atoms with Gasteiger partial charge in [0.1, 0.15) is 12.1 Å². The molecule has 0 bridgehead atoms. The van der Waals surface area contributed by atoms with E-state index in [-0.39, 0.29) is 6.04 Å². The summed E-state index contributed by atoms with van der Waals surface area (Å²) in [6, 6.07) is -0.371. The normalized spacial score (nSPS) is 27.2. The van der Waals surface area contributed by atoms with Crippen molar-refractivity contribution in [1.29, 1.82) is 0 Å². The molecule has 0 aromatic carbocycles. The Morgan fingerprint density at radius 2 is 1.92 bits per heavy atom. The lowest BCUT2D eigenvalue weighted by atomic mass is 10.5. The first-order valence-electron chi connectivity index (χ1n) is 4.28. The summed E-state index contributed by atoms with van der Waals surface area (Å²) < 4.78 is 22.0. The molecule has 1 N–H and O–H groups in total. The van der Waals surface area contributed by atoms with Gasteiger partial charge < -0.3 is 13.8 Å². The topological polar surface area (TPSA) is 74.5 Å². The third-order valence-electron chi connectivity index (χ3n) is 1.70. The van der Waals surface area contributed by atoms with E-state index in [0.29, 0.717) is 13.2 Å². The van der Waals surface area contributed by atoms with Crippen LogP contribution in [0.1, 0.15) is 13.8 Å². The Morgan fingerprint density at radius 3 is 2.23 bits per heavy atom. The summed E-state index contributed by atoms with van der Waals surface area (Å²) in [5.74, 6) is -0.440. The van der Waals surface area contributed by atoms with Crippen LogP contribution in [0.4, 0.5) is 0 Å². The summed E-state index contributed by atoms with van der Waals surface area (Å²) in [6.07, 6.45) is 0.718. The molecule has 2 atom stereocenters. The predicted molar refractivity (Wildman–Crippen MR) is 47.6 cm³/mol. The van der Waals surface area contributed by atoms with Crippen LogP contribution in [0, 0.1) is 0 Å². The molecule has 1 fully saturated rings. The highest BCUT2D eigenvalue weighted by atomic mass is 31.2. The maximum atomic E-state index is 11.9. The third-order valence-corrected chi connectivity index (χ3v) is 4.09. The molecule has 1 heterocycles. The standard InChI is InChI=1S/C7H14NO4P/c1-3-11-13(10,12-4-2)7-6(5-9)8-7/h5-8H,3-4H2,1-2H3. The maximum absolute atomic E-state index is 11.9. The Kier molecular flexibility index (Phi) is 3.62. The lowest BCUT2D eigenvalue weighted by Gasteiger charge is -2.14. The Morgan fingerprint density at radius 1 is 1.38 bits per heavy atom. The van der Waals surface area contributed by atoms with Crippen LogP contribution in [0.25, 0.3) is 0 Å². The van der Waals surface area contributed by atoms with Gasteiger partial charge in [0.15, 0.2) is 0 Å². The molecular weight excluding hydrogens is 193 g/mol. The van der Waals surface area contributed by atoms with E-state index in [2.05, 4.69) is 5.32 Å². The lowest BCUT2D eigenvalue weighted by Crippen LogP contribution is -2.05. The van der Waals surface area contributed by atoms with Crippen molar-refractivity contribution in [3.8, 4) is 0 Å². The fraction of sp³-hybridized carbons (Fsp3) is 0.857. The van der Waals surface area contributed by atoms with E-state index in [4.69, 9.17) is 9.05 Å². The zero-order valence-corrected chi connectivity index (χ0v) is 8.62. The highest BCUT2D eigenvalue weighted by Gasteiger charge is 2.52. The van der Waals surface area contributed by atoms with Gasteiger partial charge in [0, 0.05) is 0 Å². The van der Waals surface area contributed by atoms with Crippen LogP contribution in [-0.2, 0) is 18.4 Å². The molecule has 0 radical (unpaired) electrons. The monoisotopic (exact) mass is 207 g/mol. The van der Waals surface area contributed by atoms with Gasteiger partial charge in [0.25, 0.3) is 0 Å². The van der Waals surface area contributed by atoms with Crippen molar-refractivity contribution in [2.24, 2.45) is 0 Å². The molecule has 76 valence electrons. The lowest BCUT2D eigenvalue weighted by molar-refractivity contribution is -0.107. The Balaban J connectivity index is 2.57. The maximum Gasteiger partial charge on any atom is 0.349 e. The smallest absolute Gasteiger partial charge is 0.308 e. The van der Waals surface area contributed by atoms with Crippen LogP contribution in [0.5, 0.6) is 0 Å². The van der Waals surface area contributed by atoms with E-state index in [1.807, 2.05) is 0 Å². The van der Waals surface area contributed by atoms with Gasteiger partial charge in [-0.3, -0.25) is 9.88 Å². The van der Waals surface area contributed by atoms with E-state index < -0.39 is 13.4 Å². The number of aldehydes is 1. The molecule has 13 heavy (non-hydrogen) atoms. The zero-order chi connectivity index (χ0) is 9.90. The molecule has 0 aromatic heterocycles. The number of hydrogen-bond acceptors (Lipinski definition) is 5. The van der Waals surface area contributed by atoms with Crippen molar-refractivity contribution in [3.63, 3.8) is 0 Å². The zero-order valence-electron chi connectivity index (χ0n) is 7.73. The van der Waals surface area contributed by atoms with Crippen LogP contribution >= 0.6 is 7.60 Å². The average Bonchev–Trinajstić information content (AvgIpc) is 2.84. The molecule has 1 aliphatic heterocycles. The van der Waals surface area contributed by atoms with Gasteiger partial charge in [-0.15, -0.1) is 0 Å². The van der Waals surface area contributed by atoms with E-state index in [1.165, 1.54) is 0 Å². The van der Waals surface area contributed by atoms with Gasteiger partial charge in [-0.05, 0) is 13.8 Å². The molecule has 0 aromatic rings. The second-order valence-electron chi connectivity index (χ2n) is 2.65. The van der Waals surface area contributed by atoms with Crippen molar-refractivity contribution in [2.45, 2.75) is 25.7 Å². The van der Waals surface area contributed by atoms with Crippen LogP contribution in [0.2, 0.25) is 0 Å². The minimum absolute atomic E-state index is 0.320. The highest BCUT2D eigenvalue weighted by Crippen LogP contribution is 2.57. The van der Waals surface area contributed by atoms with Crippen LogP contribution in [0.3, 0.4) is 0 Å². The second kappa shape index (κ2) is 4.33. The third kappa shape index (κ3) is 2.38. The fourth-order valence-corrected chi connectivity index (χ4v) is 3.03. The number of hydrogen-bond donors (Lipinski definition) is 1. The Labute approximate surface area is 77.3 Å². The molecule has 1 aliphatic rings. The molecular formula is C7H14NO4P. The molecule has 1 rings (SSSR count). The van der Waals surface area contributed by atoms with Gasteiger partial charge >= 0.3 is 7.60 Å². The van der Waals surface area contributed by atoms with Crippen molar-refractivity contribution in [3.05, 3.63) is 0 Å². The fourth-order valence-electron chi connectivity index (χ4n) is 1.10. The molecule has 0 amide bonds. The molecule has 0 aliphatic carbocycles. The number of nitrogens with one attached hydrogen (secondary N) is 1. The largest absolute Gasteiger partial charge is 0.349 e. The summed E-state index contributed by atoms with van der Waals surface area (Å²) >= 11 is 0. The molecule has 1 saturated heterocycles. The highest BCUT2D eigenvalue weighted by molar-refractivity contribution is 7.55. The van der Waals surface area contributed by atoms with Gasteiger partial charge in [-0.1, -0.05) is 0 Å². The first-order valence-corrected chi connectivity index (χ1v) is 5.89. The summed E-state index contributed by atoms with van der Waals surface area (Å²) in [4.78, 5) is 10.3. The van der Waals surface area contributed by atoms with Crippen molar-refractivity contribution in [1.82, 2.24) is 5.32 Å². The van der Waals surface area contributed by atoms with Crippen LogP contribution in [0.15, 0.2) is 0 Å². The molecule has 6 heteroatoms. The van der Waals surface area contributed by atoms with E-state index in [9.17, 15) is 9.36 Å². The SMILES string of the molecule is CCOP(=O)(OCC)C1NC1C=O. The van der Waals surface area contributed by atoms with E-state index in [1.54, 1.807) is 13.8 Å². The molecule has 0 spiro atoms. The van der Waals surface area contributed by atoms with E-state index in [0.717, 1.165) is 6.29 Å². The Bertz CT molecular complexity index is 223. The molecule has 5 nitrogen and oxygen atoms in total. The van der Waals surface area contributed by atoms with Gasteiger partial charge in [0.2, 0.25) is 0 Å². The van der Waals surface area contributed by atoms with E-state index >= 15 is 0 Å². The summed E-state index contributed by atoms with van der Waals surface area (Å²) in [6.45, 7) is 4.12. The minimum atomic E-state index is -3.10. The first-order chi connectivity index (χ1) is 6.18. The van der Waals surface area contributed by atoms with Crippen LogP contribution in [-0.4, -0.2) is 31.3 Å². The van der Waals surface area contributed by atoms with Gasteiger partial charge in [-0.2, -0.15) is 0 Å². The first kappa shape index (κ1) is 10.9. The summed E-state index contributed by atoms with van der Waals surface area (Å²) in [5.41, 5.74) is 0. The van der Waals surface area contributed by atoms with Crippen LogP contribution < -0.4 is 5.32 Å². The Hall–Kier alpha value is -0.220. The second-order valence-corrected chi connectivity index (χ2v) is 4.80. The minimum Gasteiger partial charge on any atom is -0.308 e. The quantitative estimate of drug-likeness (QED) is 0.395. The van der Waals surface area contributed by atoms with Crippen molar-refractivity contribution >= 4 is 13.9 Å². The number of carbonyl (C=O) groups excluding carboxylic acids is 1. The van der Waals surface area contributed by atoms with Gasteiger partial charge in [0.05, 0.1) is 19.3 Å². The summed E-state index contributed by atoms with van der Waals surface area (Å²) in [5, 5.41) is 2.75. The van der Waals surface area contributed by atoms with Gasteiger partial charge in [-0.25, -0.2) is 0 Å². The predicted octanol–water partition coefficient (Wildman–Crippen LogP) is 0.749. The van der Waals surface area contributed by atoms with Crippen molar-refractivity contribution in [2.75, 3.05) is 13.2 Å². The van der Waals surface area contributed by atoms with Crippen molar-refractivity contribution < 1.29 is 18.4 Å². The average molecular weight is 207 g/mol. The molecule has 2 unspecified atom stereocenters. The summed E-state index contributed by atoms with van der Waals surface area (Å²) in [7, 11) is -3.10. The number of carbonyl (C=O) groups is 1. The molecule has 0 saturated carbocycles. The number of rotatable bonds is 6.